The van der Waals surface area contributed by atoms with Crippen LogP contribution in [-0.4, -0.2) is 38.8 Å². The maximum Gasteiger partial charge on any atom is 0.191 e. The van der Waals surface area contributed by atoms with Crippen molar-refractivity contribution in [3.8, 4) is 0 Å². The molecule has 1 aliphatic heterocycles. The van der Waals surface area contributed by atoms with Gasteiger partial charge in [0.1, 0.15) is 0 Å². The Labute approximate surface area is 105 Å². The molecule has 1 fully saturated rings. The summed E-state index contributed by atoms with van der Waals surface area (Å²) in [7, 11) is 1.81. The Morgan fingerprint density at radius 2 is 2.24 bits per heavy atom. The van der Waals surface area contributed by atoms with Gasteiger partial charge >= 0.3 is 0 Å². The largest absolute Gasteiger partial charge is 0.376 e. The Kier molecular flexibility index (Phi) is 7.01. The number of hydrogen-bond acceptors (Lipinski definition) is 2. The molecule has 0 saturated carbocycles. The second-order valence-corrected chi connectivity index (χ2v) is 5.05. The fraction of sp³-hybridized carbons (Fsp3) is 0.923. The van der Waals surface area contributed by atoms with Crippen LogP contribution in [0.2, 0.25) is 0 Å². The Morgan fingerprint density at radius 1 is 1.41 bits per heavy atom. The zero-order chi connectivity index (χ0) is 12.5. The summed E-state index contributed by atoms with van der Waals surface area (Å²) in [5, 5.41) is 6.65. The molecule has 0 bridgehead atoms. The minimum atomic E-state index is 0.365. The first-order chi connectivity index (χ1) is 8.22. The molecule has 1 unspecified atom stereocenters. The van der Waals surface area contributed by atoms with Gasteiger partial charge in [0.05, 0.1) is 6.10 Å². The third-order valence-electron chi connectivity index (χ3n) is 3.00. The van der Waals surface area contributed by atoms with E-state index in [1.54, 1.807) is 0 Å². The molecule has 4 heteroatoms. The summed E-state index contributed by atoms with van der Waals surface area (Å²) in [5.74, 6) is 1.67. The van der Waals surface area contributed by atoms with Crippen LogP contribution in [0.4, 0.5) is 0 Å². The van der Waals surface area contributed by atoms with Crippen molar-refractivity contribution >= 4 is 5.96 Å². The maximum absolute atomic E-state index is 5.56. The highest BCUT2D eigenvalue weighted by atomic mass is 16.5. The quantitative estimate of drug-likeness (QED) is 0.423. The monoisotopic (exact) mass is 241 g/mol. The smallest absolute Gasteiger partial charge is 0.191 e. The average molecular weight is 241 g/mol. The molecule has 0 spiro atoms. The molecule has 1 aliphatic rings. The molecule has 1 rings (SSSR count). The van der Waals surface area contributed by atoms with E-state index in [1.807, 2.05) is 7.05 Å². The zero-order valence-corrected chi connectivity index (χ0v) is 11.5. The lowest BCUT2D eigenvalue weighted by molar-refractivity contribution is 0.114. The van der Waals surface area contributed by atoms with Crippen molar-refractivity contribution in [2.45, 2.75) is 45.6 Å². The van der Waals surface area contributed by atoms with Gasteiger partial charge in [0.15, 0.2) is 5.96 Å². The van der Waals surface area contributed by atoms with Gasteiger partial charge in [-0.25, -0.2) is 0 Å². The van der Waals surface area contributed by atoms with E-state index in [0.29, 0.717) is 6.10 Å². The minimum absolute atomic E-state index is 0.365. The summed E-state index contributed by atoms with van der Waals surface area (Å²) in [6.07, 6.45) is 5.17. The number of aliphatic imine (C=N–C) groups is 1. The molecular weight excluding hydrogens is 214 g/mol. The molecule has 1 heterocycles. The van der Waals surface area contributed by atoms with Gasteiger partial charge in [-0.3, -0.25) is 4.99 Å². The van der Waals surface area contributed by atoms with E-state index in [9.17, 15) is 0 Å². The number of hydrogen-bond donors (Lipinski definition) is 2. The van der Waals surface area contributed by atoms with Crippen LogP contribution in [0.15, 0.2) is 4.99 Å². The molecule has 0 aliphatic carbocycles. The summed E-state index contributed by atoms with van der Waals surface area (Å²) in [4.78, 5) is 4.20. The van der Waals surface area contributed by atoms with Gasteiger partial charge in [-0.05, 0) is 31.6 Å². The van der Waals surface area contributed by atoms with Crippen molar-refractivity contribution in [2.75, 3.05) is 26.7 Å². The predicted molar refractivity (Wildman–Crippen MR) is 72.4 cm³/mol. The van der Waals surface area contributed by atoms with Crippen molar-refractivity contribution in [3.05, 3.63) is 0 Å². The van der Waals surface area contributed by atoms with E-state index in [2.05, 4.69) is 29.5 Å². The number of ether oxygens (including phenoxy) is 1. The minimum Gasteiger partial charge on any atom is -0.376 e. The highest BCUT2D eigenvalue weighted by molar-refractivity contribution is 5.79. The van der Waals surface area contributed by atoms with Crippen LogP contribution < -0.4 is 10.6 Å². The van der Waals surface area contributed by atoms with E-state index in [0.717, 1.165) is 38.0 Å². The summed E-state index contributed by atoms with van der Waals surface area (Å²) < 4.78 is 5.56. The van der Waals surface area contributed by atoms with Crippen LogP contribution in [0.1, 0.15) is 39.5 Å². The van der Waals surface area contributed by atoms with E-state index >= 15 is 0 Å². The summed E-state index contributed by atoms with van der Waals surface area (Å²) in [6.45, 7) is 7.27. The molecule has 2 N–H and O–H groups in total. The van der Waals surface area contributed by atoms with E-state index in [-0.39, 0.29) is 0 Å². The Bertz CT molecular complexity index is 223. The molecular formula is C13H27N3O. The van der Waals surface area contributed by atoms with Gasteiger partial charge in [0, 0.05) is 26.7 Å². The van der Waals surface area contributed by atoms with Crippen molar-refractivity contribution in [2.24, 2.45) is 10.9 Å². The van der Waals surface area contributed by atoms with Gasteiger partial charge in [-0.2, -0.15) is 0 Å². The highest BCUT2D eigenvalue weighted by Crippen LogP contribution is 2.10. The number of rotatable bonds is 6. The van der Waals surface area contributed by atoms with Crippen LogP contribution in [0.25, 0.3) is 0 Å². The van der Waals surface area contributed by atoms with Gasteiger partial charge < -0.3 is 15.4 Å². The third-order valence-corrected chi connectivity index (χ3v) is 3.00. The maximum atomic E-state index is 5.56. The first kappa shape index (κ1) is 14.3. The van der Waals surface area contributed by atoms with Gasteiger partial charge in [-0.1, -0.05) is 13.8 Å². The molecule has 1 atom stereocenters. The molecule has 4 nitrogen and oxygen atoms in total. The predicted octanol–water partition coefficient (Wildman–Crippen LogP) is 1.77. The molecule has 0 radical (unpaired) electrons. The number of guanidine groups is 1. The highest BCUT2D eigenvalue weighted by Gasteiger charge is 2.15. The van der Waals surface area contributed by atoms with Crippen molar-refractivity contribution in [1.29, 1.82) is 0 Å². The van der Waals surface area contributed by atoms with E-state index < -0.39 is 0 Å². The van der Waals surface area contributed by atoms with Gasteiger partial charge in [-0.15, -0.1) is 0 Å². The van der Waals surface area contributed by atoms with Crippen LogP contribution in [-0.2, 0) is 4.74 Å². The number of nitrogens with one attached hydrogen (secondary N) is 2. The molecule has 100 valence electrons. The lowest BCUT2D eigenvalue weighted by Gasteiger charge is -2.15. The Balaban J connectivity index is 2.07. The SMILES string of the molecule is CN=C(NCCCC(C)C)NCC1CCCO1. The Morgan fingerprint density at radius 3 is 2.82 bits per heavy atom. The molecule has 17 heavy (non-hydrogen) atoms. The second kappa shape index (κ2) is 8.34. The van der Waals surface area contributed by atoms with E-state index in [4.69, 9.17) is 4.74 Å². The Hall–Kier alpha value is -0.770. The molecule has 0 amide bonds. The number of nitrogens with zero attached hydrogens (tertiary/aromatic N) is 1. The zero-order valence-electron chi connectivity index (χ0n) is 11.5. The molecule has 0 aromatic rings. The first-order valence-electron chi connectivity index (χ1n) is 6.78. The summed E-state index contributed by atoms with van der Waals surface area (Å²) >= 11 is 0. The van der Waals surface area contributed by atoms with E-state index in [1.165, 1.54) is 19.3 Å². The first-order valence-corrected chi connectivity index (χ1v) is 6.78. The van der Waals surface area contributed by atoms with Crippen molar-refractivity contribution in [3.63, 3.8) is 0 Å². The standard InChI is InChI=1S/C13H27N3O/c1-11(2)6-4-8-15-13(14-3)16-10-12-7-5-9-17-12/h11-12H,4-10H2,1-3H3,(H2,14,15,16). The van der Waals surface area contributed by atoms with Crippen molar-refractivity contribution in [1.82, 2.24) is 10.6 Å². The molecule has 0 aromatic carbocycles. The van der Waals surface area contributed by atoms with Crippen molar-refractivity contribution < 1.29 is 4.74 Å². The van der Waals surface area contributed by atoms with Crippen LogP contribution in [0.5, 0.6) is 0 Å². The lowest BCUT2D eigenvalue weighted by atomic mass is 10.1. The third kappa shape index (κ3) is 6.51. The molecule has 1 saturated heterocycles. The summed E-state index contributed by atoms with van der Waals surface area (Å²) in [5.41, 5.74) is 0. The molecule has 0 aromatic heterocycles. The average Bonchev–Trinajstić information content (AvgIpc) is 2.81. The van der Waals surface area contributed by atoms with Crippen LogP contribution >= 0.6 is 0 Å². The second-order valence-electron chi connectivity index (χ2n) is 5.05. The fourth-order valence-electron chi connectivity index (χ4n) is 1.95. The normalized spacial score (nSPS) is 20.9. The lowest BCUT2D eigenvalue weighted by Crippen LogP contribution is -2.41. The van der Waals surface area contributed by atoms with Gasteiger partial charge in [0.25, 0.3) is 0 Å². The van der Waals surface area contributed by atoms with Crippen LogP contribution in [0.3, 0.4) is 0 Å². The topological polar surface area (TPSA) is 45.7 Å². The summed E-state index contributed by atoms with van der Waals surface area (Å²) in [6, 6.07) is 0. The van der Waals surface area contributed by atoms with Crippen LogP contribution in [0, 0.1) is 5.92 Å². The fourth-order valence-corrected chi connectivity index (χ4v) is 1.95. The van der Waals surface area contributed by atoms with Gasteiger partial charge in [0.2, 0.25) is 0 Å².